The number of imidazole rings is 1. The molecular weight excluding hydrogens is 349 g/mol. The molecule has 0 aliphatic carbocycles. The topological polar surface area (TPSA) is 46.4 Å². The van der Waals surface area contributed by atoms with Crippen LogP contribution in [0.3, 0.4) is 0 Å². The lowest BCUT2D eigenvalue weighted by atomic mass is 10.1. The Hall–Kier alpha value is -2.21. The van der Waals surface area contributed by atoms with Gasteiger partial charge in [-0.25, -0.2) is 9.37 Å². The number of anilines is 1. The van der Waals surface area contributed by atoms with Crippen molar-refractivity contribution in [2.75, 3.05) is 5.32 Å². The van der Waals surface area contributed by atoms with E-state index in [4.69, 9.17) is 0 Å². The molecule has 0 aliphatic heterocycles. The molecule has 1 aromatic carbocycles. The molecule has 4 nitrogen and oxygen atoms in total. The lowest BCUT2D eigenvalue weighted by molar-refractivity contribution is 0.101. The van der Waals surface area contributed by atoms with Crippen molar-refractivity contribution in [3.63, 3.8) is 0 Å². The Morgan fingerprint density at radius 1 is 1.32 bits per heavy atom. The largest absolute Gasteiger partial charge is 0.379 e. The second-order valence-corrected chi connectivity index (χ2v) is 5.83. The van der Waals surface area contributed by atoms with Crippen molar-refractivity contribution in [2.24, 2.45) is 0 Å². The van der Waals surface area contributed by atoms with E-state index in [1.165, 1.54) is 13.0 Å². The van der Waals surface area contributed by atoms with Gasteiger partial charge in [-0.05, 0) is 47.1 Å². The number of Topliss-reactive ketones (excluding diaryl/α,β-unsaturated/α-hetero) is 1. The molecule has 0 spiro atoms. The number of carbonyl (C=O) groups excluding carboxylic acids is 1. The highest BCUT2D eigenvalue weighted by Gasteiger charge is 2.13. The van der Waals surface area contributed by atoms with Crippen LogP contribution < -0.4 is 5.32 Å². The Kier molecular flexibility index (Phi) is 3.94. The van der Waals surface area contributed by atoms with Gasteiger partial charge in [0.2, 0.25) is 0 Å². The Morgan fingerprint density at radius 3 is 2.91 bits per heavy atom. The maximum Gasteiger partial charge on any atom is 0.164 e. The molecule has 0 saturated heterocycles. The fourth-order valence-electron chi connectivity index (χ4n) is 2.32. The van der Waals surface area contributed by atoms with E-state index in [9.17, 15) is 9.18 Å². The molecule has 0 bridgehead atoms. The maximum atomic E-state index is 13.8. The number of fused-ring (bicyclic) bond motifs is 1. The van der Waals surface area contributed by atoms with Gasteiger partial charge < -0.3 is 9.72 Å². The van der Waals surface area contributed by atoms with E-state index in [0.717, 1.165) is 15.8 Å². The summed E-state index contributed by atoms with van der Waals surface area (Å²) in [5, 5.41) is 3.08. The minimum Gasteiger partial charge on any atom is -0.379 e. The fraction of sp³-hybridized carbons (Fsp3) is 0.125. The summed E-state index contributed by atoms with van der Waals surface area (Å²) < 4.78 is 16.6. The van der Waals surface area contributed by atoms with Crippen LogP contribution in [0.25, 0.3) is 5.65 Å². The van der Waals surface area contributed by atoms with Crippen LogP contribution in [0.15, 0.2) is 47.2 Å². The summed E-state index contributed by atoms with van der Waals surface area (Å²) in [6, 6.07) is 8.36. The lowest BCUT2D eigenvalue weighted by Crippen LogP contribution is -2.07. The van der Waals surface area contributed by atoms with Crippen molar-refractivity contribution in [2.45, 2.75) is 13.5 Å². The number of pyridine rings is 1. The van der Waals surface area contributed by atoms with Gasteiger partial charge in [-0.2, -0.15) is 0 Å². The van der Waals surface area contributed by atoms with Crippen molar-refractivity contribution in [3.8, 4) is 0 Å². The molecule has 22 heavy (non-hydrogen) atoms. The number of ketones is 1. The number of aromatic nitrogens is 2. The minimum atomic E-state index is -0.517. The van der Waals surface area contributed by atoms with E-state index in [-0.39, 0.29) is 11.3 Å². The highest BCUT2D eigenvalue weighted by molar-refractivity contribution is 9.10. The van der Waals surface area contributed by atoms with Crippen molar-refractivity contribution in [1.29, 1.82) is 0 Å². The summed E-state index contributed by atoms with van der Waals surface area (Å²) in [7, 11) is 0. The molecule has 1 N–H and O–H groups in total. The number of rotatable bonds is 4. The van der Waals surface area contributed by atoms with Crippen molar-refractivity contribution in [3.05, 3.63) is 64.3 Å². The smallest absolute Gasteiger partial charge is 0.164 e. The van der Waals surface area contributed by atoms with Gasteiger partial charge in [0.1, 0.15) is 11.5 Å². The zero-order valence-corrected chi connectivity index (χ0v) is 13.4. The normalized spacial score (nSPS) is 10.9. The van der Waals surface area contributed by atoms with Gasteiger partial charge in [0.25, 0.3) is 0 Å². The first-order chi connectivity index (χ1) is 10.5. The van der Waals surface area contributed by atoms with Crippen molar-refractivity contribution in [1.82, 2.24) is 9.38 Å². The first kappa shape index (κ1) is 14.7. The number of benzene rings is 1. The molecule has 6 heteroatoms. The summed E-state index contributed by atoms with van der Waals surface area (Å²) >= 11 is 3.41. The van der Waals surface area contributed by atoms with Crippen LogP contribution in [0.5, 0.6) is 0 Å². The molecule has 2 aromatic heterocycles. The predicted molar refractivity (Wildman–Crippen MR) is 86.6 cm³/mol. The third-order valence-electron chi connectivity index (χ3n) is 3.29. The van der Waals surface area contributed by atoms with Gasteiger partial charge in [-0.3, -0.25) is 4.79 Å². The lowest BCUT2D eigenvalue weighted by Gasteiger charge is -2.09. The van der Waals surface area contributed by atoms with E-state index in [0.29, 0.717) is 12.2 Å². The third kappa shape index (κ3) is 2.87. The third-order valence-corrected chi connectivity index (χ3v) is 3.76. The standard InChI is InChI=1S/C16H13BrFN3O/c1-10(22)16-13(18)3-2-4-14(16)19-7-12-9-21-8-11(17)5-6-15(21)20-12/h2-6,8-9,19H,7H2,1H3. The SMILES string of the molecule is CC(=O)c1c(F)cccc1NCc1cn2cc(Br)ccc2n1. The highest BCUT2D eigenvalue weighted by Crippen LogP contribution is 2.20. The molecule has 112 valence electrons. The summed E-state index contributed by atoms with van der Waals surface area (Å²) in [4.78, 5) is 16.0. The van der Waals surface area contributed by atoms with Crippen LogP contribution >= 0.6 is 15.9 Å². The van der Waals surface area contributed by atoms with Crippen molar-refractivity contribution < 1.29 is 9.18 Å². The van der Waals surface area contributed by atoms with Crippen LogP contribution in [0, 0.1) is 5.82 Å². The van der Waals surface area contributed by atoms with Gasteiger partial charge in [0.05, 0.1) is 17.8 Å². The molecule has 0 saturated carbocycles. The van der Waals surface area contributed by atoms with Crippen molar-refractivity contribution >= 4 is 33.0 Å². The summed E-state index contributed by atoms with van der Waals surface area (Å²) in [6.45, 7) is 1.76. The highest BCUT2D eigenvalue weighted by atomic mass is 79.9. The number of hydrogen-bond donors (Lipinski definition) is 1. The number of nitrogens with one attached hydrogen (secondary N) is 1. The zero-order chi connectivity index (χ0) is 15.7. The second kappa shape index (κ2) is 5.88. The van der Waals surface area contributed by atoms with Gasteiger partial charge in [0.15, 0.2) is 5.78 Å². The monoisotopic (exact) mass is 361 g/mol. The molecule has 0 fully saturated rings. The predicted octanol–water partition coefficient (Wildman–Crippen LogP) is 4.05. The zero-order valence-electron chi connectivity index (χ0n) is 11.8. The van der Waals surface area contributed by atoms with E-state index >= 15 is 0 Å². The molecule has 0 atom stereocenters. The van der Waals surface area contributed by atoms with E-state index in [1.54, 1.807) is 12.1 Å². The van der Waals surface area contributed by atoms with Crippen LogP contribution in [-0.2, 0) is 6.54 Å². The van der Waals surface area contributed by atoms with Crippen LogP contribution in [-0.4, -0.2) is 15.2 Å². The molecule has 0 unspecified atom stereocenters. The molecule has 3 rings (SSSR count). The Labute approximate surface area is 135 Å². The molecule has 0 amide bonds. The van der Waals surface area contributed by atoms with Gasteiger partial charge >= 0.3 is 0 Å². The molecule has 2 heterocycles. The number of halogens is 2. The molecule has 0 aliphatic rings. The van der Waals surface area contributed by atoms with E-state index in [2.05, 4.69) is 26.2 Å². The van der Waals surface area contributed by atoms with Crippen LogP contribution in [0.1, 0.15) is 23.0 Å². The van der Waals surface area contributed by atoms with Crippen LogP contribution in [0.4, 0.5) is 10.1 Å². The van der Waals surface area contributed by atoms with Crippen LogP contribution in [0.2, 0.25) is 0 Å². The Bertz CT molecular complexity index is 860. The Balaban J connectivity index is 1.85. The van der Waals surface area contributed by atoms with E-state index in [1.807, 2.05) is 28.9 Å². The quantitative estimate of drug-likeness (QED) is 0.713. The average molecular weight is 362 g/mol. The maximum absolute atomic E-state index is 13.8. The summed E-state index contributed by atoms with van der Waals surface area (Å²) in [5.74, 6) is -0.823. The molecule has 0 radical (unpaired) electrons. The second-order valence-electron chi connectivity index (χ2n) is 4.92. The number of carbonyl (C=O) groups is 1. The fourth-order valence-corrected chi connectivity index (χ4v) is 2.67. The van der Waals surface area contributed by atoms with Gasteiger partial charge in [0, 0.05) is 22.6 Å². The first-order valence-electron chi connectivity index (χ1n) is 6.71. The molecular formula is C16H13BrFN3O. The van der Waals surface area contributed by atoms with Gasteiger partial charge in [-0.1, -0.05) is 6.07 Å². The number of nitrogens with zero attached hydrogens (tertiary/aromatic N) is 2. The number of hydrogen-bond acceptors (Lipinski definition) is 3. The minimum absolute atomic E-state index is 0.0778. The average Bonchev–Trinajstić information content (AvgIpc) is 2.86. The summed E-state index contributed by atoms with van der Waals surface area (Å²) in [5.41, 5.74) is 2.18. The summed E-state index contributed by atoms with van der Waals surface area (Å²) in [6.07, 6.45) is 3.80. The molecule has 3 aromatic rings. The van der Waals surface area contributed by atoms with Gasteiger partial charge in [-0.15, -0.1) is 0 Å². The first-order valence-corrected chi connectivity index (χ1v) is 7.50. The Morgan fingerprint density at radius 2 is 2.14 bits per heavy atom. The van der Waals surface area contributed by atoms with E-state index < -0.39 is 5.82 Å².